The molecule has 0 aliphatic rings. The number of allylic oxidation sites excluding steroid dienone is 1. The monoisotopic (exact) mass is 369 g/mol. The molecule has 0 aliphatic heterocycles. The van der Waals surface area contributed by atoms with Crippen LogP contribution < -0.4 is 0 Å². The SMILES string of the molecule is C=CCn1c(C)cc(C(=O)CSc2nnnn2-c2ccc(O)cc2)c1C. The van der Waals surface area contributed by atoms with E-state index in [9.17, 15) is 9.90 Å². The highest BCUT2D eigenvalue weighted by molar-refractivity contribution is 7.99. The summed E-state index contributed by atoms with van der Waals surface area (Å²) in [6, 6.07) is 8.45. The predicted molar refractivity (Wildman–Crippen MR) is 100.0 cm³/mol. The molecular formula is C18H19N5O2S. The maximum atomic E-state index is 12.7. The van der Waals surface area contributed by atoms with Crippen molar-refractivity contribution in [3.05, 3.63) is 59.9 Å². The molecule has 0 amide bonds. The number of aromatic nitrogens is 5. The summed E-state index contributed by atoms with van der Waals surface area (Å²) >= 11 is 1.28. The topological polar surface area (TPSA) is 85.8 Å². The molecule has 0 unspecified atom stereocenters. The highest BCUT2D eigenvalue weighted by Gasteiger charge is 2.17. The van der Waals surface area contributed by atoms with Crippen LogP contribution in [0.4, 0.5) is 0 Å². The molecule has 26 heavy (non-hydrogen) atoms. The number of Topliss-reactive ketones (excluding diaryl/α,β-unsaturated/α-hetero) is 1. The molecular weight excluding hydrogens is 350 g/mol. The zero-order valence-electron chi connectivity index (χ0n) is 14.6. The molecule has 0 spiro atoms. The zero-order chi connectivity index (χ0) is 18.7. The molecule has 8 heteroatoms. The van der Waals surface area contributed by atoms with Gasteiger partial charge in [0.25, 0.3) is 0 Å². The third-order valence-corrected chi connectivity index (χ3v) is 4.97. The van der Waals surface area contributed by atoms with Gasteiger partial charge in [0.15, 0.2) is 5.78 Å². The zero-order valence-corrected chi connectivity index (χ0v) is 15.4. The number of carbonyl (C=O) groups is 1. The van der Waals surface area contributed by atoms with Gasteiger partial charge in [0.1, 0.15) is 5.75 Å². The molecule has 2 heterocycles. The van der Waals surface area contributed by atoms with Crippen LogP contribution in [0.2, 0.25) is 0 Å². The molecule has 3 aromatic rings. The minimum Gasteiger partial charge on any atom is -0.508 e. The molecule has 7 nitrogen and oxygen atoms in total. The summed E-state index contributed by atoms with van der Waals surface area (Å²) in [5.74, 6) is 0.427. The summed E-state index contributed by atoms with van der Waals surface area (Å²) in [7, 11) is 0. The van der Waals surface area contributed by atoms with E-state index >= 15 is 0 Å². The molecule has 0 aliphatic carbocycles. The molecule has 3 rings (SSSR count). The van der Waals surface area contributed by atoms with Gasteiger partial charge in [-0.1, -0.05) is 17.8 Å². The Kier molecular flexibility index (Phi) is 5.22. The Morgan fingerprint density at radius 3 is 2.73 bits per heavy atom. The fourth-order valence-corrected chi connectivity index (χ4v) is 3.50. The molecule has 0 saturated carbocycles. The standard InChI is InChI=1S/C18H19N5O2S/c1-4-9-22-12(2)10-16(13(22)3)17(25)11-26-18-19-20-21-23(18)14-5-7-15(24)8-6-14/h4-8,10,24H,1,9,11H2,2-3H3. The number of tetrazole rings is 1. The van der Waals surface area contributed by atoms with Gasteiger partial charge in [0.2, 0.25) is 5.16 Å². The first-order chi connectivity index (χ1) is 12.5. The van der Waals surface area contributed by atoms with Crippen molar-refractivity contribution in [3.63, 3.8) is 0 Å². The molecule has 0 atom stereocenters. The summed E-state index contributed by atoms with van der Waals surface area (Å²) in [6.07, 6.45) is 1.81. The molecule has 0 saturated heterocycles. The first-order valence-corrected chi connectivity index (χ1v) is 9.01. The summed E-state index contributed by atoms with van der Waals surface area (Å²) in [5.41, 5.74) is 3.39. The van der Waals surface area contributed by atoms with E-state index < -0.39 is 0 Å². The second kappa shape index (κ2) is 7.57. The van der Waals surface area contributed by atoms with Crippen molar-refractivity contribution >= 4 is 17.5 Å². The van der Waals surface area contributed by atoms with Crippen LogP contribution in [0.15, 0.2) is 48.1 Å². The van der Waals surface area contributed by atoms with Crippen molar-refractivity contribution in [2.45, 2.75) is 25.5 Å². The smallest absolute Gasteiger partial charge is 0.214 e. The minimum atomic E-state index is 0.0265. The first kappa shape index (κ1) is 17.9. The van der Waals surface area contributed by atoms with E-state index in [1.165, 1.54) is 11.8 Å². The normalized spacial score (nSPS) is 10.8. The maximum Gasteiger partial charge on any atom is 0.214 e. The summed E-state index contributed by atoms with van der Waals surface area (Å²) in [6.45, 7) is 8.35. The lowest BCUT2D eigenvalue weighted by Crippen LogP contribution is -2.07. The minimum absolute atomic E-state index is 0.0265. The number of carbonyl (C=O) groups excluding carboxylic acids is 1. The van der Waals surface area contributed by atoms with Crippen LogP contribution in [0.5, 0.6) is 5.75 Å². The number of rotatable bonds is 7. The van der Waals surface area contributed by atoms with E-state index in [1.54, 1.807) is 28.9 Å². The number of thioether (sulfide) groups is 1. The predicted octanol–water partition coefficient (Wildman–Crippen LogP) is 2.95. The number of aromatic hydroxyl groups is 1. The number of phenolic OH excluding ortho intramolecular Hbond substituents is 1. The van der Waals surface area contributed by atoms with Crippen molar-refractivity contribution in [1.82, 2.24) is 24.8 Å². The van der Waals surface area contributed by atoms with Crippen LogP contribution in [0, 0.1) is 13.8 Å². The Hall–Kier alpha value is -2.87. The molecule has 0 fully saturated rings. The number of benzene rings is 1. The van der Waals surface area contributed by atoms with E-state index in [2.05, 4.69) is 26.7 Å². The lowest BCUT2D eigenvalue weighted by atomic mass is 10.2. The van der Waals surface area contributed by atoms with E-state index in [4.69, 9.17) is 0 Å². The molecule has 0 radical (unpaired) electrons. The van der Waals surface area contributed by atoms with Crippen molar-refractivity contribution in [2.24, 2.45) is 0 Å². The summed E-state index contributed by atoms with van der Waals surface area (Å²) in [4.78, 5) is 12.7. The third kappa shape index (κ3) is 3.55. The summed E-state index contributed by atoms with van der Waals surface area (Å²) < 4.78 is 3.60. The van der Waals surface area contributed by atoms with Gasteiger partial charge >= 0.3 is 0 Å². The Morgan fingerprint density at radius 1 is 1.31 bits per heavy atom. The number of nitrogens with zero attached hydrogens (tertiary/aromatic N) is 5. The Balaban J connectivity index is 1.75. The number of aryl methyl sites for hydroxylation is 1. The van der Waals surface area contributed by atoms with Crippen LogP contribution >= 0.6 is 11.8 Å². The lowest BCUT2D eigenvalue weighted by Gasteiger charge is -2.06. The van der Waals surface area contributed by atoms with Gasteiger partial charge in [-0.2, -0.15) is 4.68 Å². The Bertz CT molecular complexity index is 943. The molecule has 1 N–H and O–H groups in total. The molecule has 2 aromatic heterocycles. The number of hydrogen-bond acceptors (Lipinski definition) is 6. The van der Waals surface area contributed by atoms with Crippen LogP contribution in [0.3, 0.4) is 0 Å². The van der Waals surface area contributed by atoms with Crippen LogP contribution in [0.25, 0.3) is 5.69 Å². The number of phenols is 1. The first-order valence-electron chi connectivity index (χ1n) is 8.02. The van der Waals surface area contributed by atoms with Crippen molar-refractivity contribution in [1.29, 1.82) is 0 Å². The Labute approximate surface area is 155 Å². The number of ketones is 1. The second-order valence-corrected chi connectivity index (χ2v) is 6.73. The van der Waals surface area contributed by atoms with Gasteiger partial charge in [-0.05, 0) is 54.6 Å². The van der Waals surface area contributed by atoms with E-state index in [0.717, 1.165) is 11.4 Å². The fourth-order valence-electron chi connectivity index (χ4n) is 2.73. The van der Waals surface area contributed by atoms with Crippen LogP contribution in [-0.2, 0) is 6.54 Å². The van der Waals surface area contributed by atoms with Crippen molar-refractivity contribution in [3.8, 4) is 11.4 Å². The third-order valence-electron chi connectivity index (χ3n) is 4.05. The largest absolute Gasteiger partial charge is 0.508 e. The van der Waals surface area contributed by atoms with Gasteiger partial charge in [-0.3, -0.25) is 4.79 Å². The van der Waals surface area contributed by atoms with Gasteiger partial charge in [0, 0.05) is 23.5 Å². The van der Waals surface area contributed by atoms with Gasteiger partial charge in [-0.15, -0.1) is 11.7 Å². The fraction of sp³-hybridized carbons (Fsp3) is 0.222. The highest BCUT2D eigenvalue weighted by atomic mass is 32.2. The van der Waals surface area contributed by atoms with Gasteiger partial charge in [-0.25, -0.2) is 0 Å². The van der Waals surface area contributed by atoms with Gasteiger partial charge in [0.05, 0.1) is 11.4 Å². The quantitative estimate of drug-likeness (QED) is 0.391. The second-order valence-electron chi connectivity index (χ2n) is 5.79. The van der Waals surface area contributed by atoms with Crippen LogP contribution in [-0.4, -0.2) is 41.4 Å². The van der Waals surface area contributed by atoms with E-state index in [1.807, 2.05) is 26.0 Å². The Morgan fingerprint density at radius 2 is 2.04 bits per heavy atom. The molecule has 0 bridgehead atoms. The van der Waals surface area contributed by atoms with E-state index in [-0.39, 0.29) is 17.3 Å². The van der Waals surface area contributed by atoms with E-state index in [0.29, 0.717) is 23.0 Å². The van der Waals surface area contributed by atoms with Gasteiger partial charge < -0.3 is 9.67 Å². The molecule has 134 valence electrons. The number of hydrogen-bond donors (Lipinski definition) is 1. The van der Waals surface area contributed by atoms with Crippen molar-refractivity contribution < 1.29 is 9.90 Å². The lowest BCUT2D eigenvalue weighted by molar-refractivity contribution is 0.102. The summed E-state index contributed by atoms with van der Waals surface area (Å²) in [5, 5.41) is 21.5. The average molecular weight is 369 g/mol. The van der Waals surface area contributed by atoms with Crippen molar-refractivity contribution in [2.75, 3.05) is 5.75 Å². The molecule has 1 aromatic carbocycles. The maximum absolute atomic E-state index is 12.7. The average Bonchev–Trinajstić information content (AvgIpc) is 3.20. The van der Waals surface area contributed by atoms with Crippen LogP contribution in [0.1, 0.15) is 21.7 Å². The highest BCUT2D eigenvalue weighted by Crippen LogP contribution is 2.23.